The van der Waals surface area contributed by atoms with Crippen LogP contribution in [0.2, 0.25) is 0 Å². The van der Waals surface area contributed by atoms with E-state index in [0.29, 0.717) is 0 Å². The number of rotatable bonds is 4. The molecule has 1 fully saturated rings. The van der Waals surface area contributed by atoms with Gasteiger partial charge >= 0.3 is 7.12 Å². The van der Waals surface area contributed by atoms with Crippen molar-refractivity contribution in [2.75, 3.05) is 0 Å². The van der Waals surface area contributed by atoms with Crippen LogP contribution in [-0.2, 0) is 9.31 Å². The summed E-state index contributed by atoms with van der Waals surface area (Å²) in [5, 5.41) is -0.465. The largest absolute Gasteiger partial charge is 0.494 e. The summed E-state index contributed by atoms with van der Waals surface area (Å²) in [5.74, 6) is 0. The number of fused-ring (bicyclic) bond motifs is 3. The summed E-state index contributed by atoms with van der Waals surface area (Å²) in [6, 6.07) is -9.36. The second kappa shape index (κ2) is 9.23. The van der Waals surface area contributed by atoms with Crippen molar-refractivity contribution in [1.82, 2.24) is 0 Å². The third kappa shape index (κ3) is 4.25. The zero-order chi connectivity index (χ0) is 42.3. The van der Waals surface area contributed by atoms with Crippen molar-refractivity contribution in [1.29, 1.82) is 0 Å². The van der Waals surface area contributed by atoms with Crippen molar-refractivity contribution < 1.29 is 37.0 Å². The van der Waals surface area contributed by atoms with Crippen molar-refractivity contribution >= 4 is 34.5 Å². The summed E-state index contributed by atoms with van der Waals surface area (Å²) in [6.45, 7) is 7.10. The molecular formula is C36H31BO3. The lowest BCUT2D eigenvalue weighted by Gasteiger charge is -2.32. The lowest BCUT2D eigenvalue weighted by molar-refractivity contribution is 0.00578. The molecule has 2 heterocycles. The minimum Gasteiger partial charge on any atom is -0.456 e. The molecule has 0 bridgehead atoms. The average molecular weight is 540 g/mol. The van der Waals surface area contributed by atoms with Gasteiger partial charge in [0.2, 0.25) is 0 Å². The van der Waals surface area contributed by atoms with Crippen LogP contribution >= 0.6 is 0 Å². The maximum absolute atomic E-state index is 9.46. The number of hydrogen-bond donors (Lipinski definition) is 0. The molecule has 0 N–H and O–H groups in total. The van der Waals surface area contributed by atoms with Gasteiger partial charge in [-0.25, -0.2) is 0 Å². The van der Waals surface area contributed by atoms with Gasteiger partial charge in [0.05, 0.1) is 34.5 Å². The molecule has 1 aliphatic heterocycles. The van der Waals surface area contributed by atoms with Gasteiger partial charge in [-0.2, -0.15) is 0 Å². The second-order valence-electron chi connectivity index (χ2n) is 10.3. The first-order valence-corrected chi connectivity index (χ1v) is 12.5. The fourth-order valence-corrected chi connectivity index (χ4v) is 4.30. The smallest absolute Gasteiger partial charge is 0.456 e. The number of furan rings is 1. The second-order valence-corrected chi connectivity index (χ2v) is 10.3. The predicted octanol–water partition coefficient (Wildman–Crippen LogP) is 8.89. The van der Waals surface area contributed by atoms with Crippen LogP contribution in [0, 0.1) is 0 Å². The van der Waals surface area contributed by atoms with Crippen molar-refractivity contribution in [3.05, 3.63) is 115 Å². The quantitative estimate of drug-likeness (QED) is 0.210. The summed E-state index contributed by atoms with van der Waals surface area (Å²) >= 11 is 0. The highest BCUT2D eigenvalue weighted by Crippen LogP contribution is 2.38. The Morgan fingerprint density at radius 1 is 0.550 bits per heavy atom. The first-order chi connectivity index (χ1) is 26.4. The van der Waals surface area contributed by atoms with Crippen molar-refractivity contribution in [3.63, 3.8) is 0 Å². The molecule has 0 aliphatic carbocycles. The Hall–Kier alpha value is -4.12. The lowest BCUT2D eigenvalue weighted by atomic mass is 9.79. The molecule has 1 saturated heterocycles. The van der Waals surface area contributed by atoms with Crippen molar-refractivity contribution in [2.45, 2.75) is 38.9 Å². The van der Waals surface area contributed by atoms with Gasteiger partial charge in [-0.1, -0.05) is 78.6 Å². The standard InChI is InChI=1S/C36H31BO3/c1-35(2)36(3,4)40-37(39-35)30-16-17-31-32-22-26(15-18-33(32)38-34(31)23-30)29-20-27(24-11-7-5-8-12-24)19-28(21-29)25-13-9-6-10-14-25/h5-23H,1-4H3/i5D,7D,8D,9D,10D,11D,12D,13D,14D,16D,17D,18D,19D,20D,21D,22D,23D. The highest BCUT2D eigenvalue weighted by atomic mass is 16.7. The van der Waals surface area contributed by atoms with E-state index in [4.69, 9.17) is 31.5 Å². The average Bonchev–Trinajstić information content (AvgIpc) is 3.64. The lowest BCUT2D eigenvalue weighted by Crippen LogP contribution is -2.41. The zero-order valence-corrected chi connectivity index (χ0v) is 22.0. The Bertz CT molecular complexity index is 2730. The van der Waals surface area contributed by atoms with E-state index in [9.17, 15) is 5.48 Å². The van der Waals surface area contributed by atoms with Gasteiger partial charge < -0.3 is 13.7 Å². The Morgan fingerprint density at radius 2 is 1.15 bits per heavy atom. The van der Waals surface area contributed by atoms with Crippen LogP contribution in [0.1, 0.15) is 51.0 Å². The fraction of sp³-hybridized carbons (Fsp3) is 0.167. The molecule has 3 nitrogen and oxygen atoms in total. The summed E-state index contributed by atoms with van der Waals surface area (Å²) < 4.78 is 168. The van der Waals surface area contributed by atoms with Crippen LogP contribution in [-0.4, -0.2) is 18.3 Å². The fourth-order valence-electron chi connectivity index (χ4n) is 4.30. The molecule has 0 amide bonds. The molecule has 5 aromatic carbocycles. The Balaban J connectivity index is 1.63. The van der Waals surface area contributed by atoms with Crippen LogP contribution < -0.4 is 5.46 Å². The highest BCUT2D eigenvalue weighted by Gasteiger charge is 2.51. The molecule has 1 aromatic heterocycles. The molecule has 40 heavy (non-hydrogen) atoms. The predicted molar refractivity (Wildman–Crippen MR) is 166 cm³/mol. The molecule has 0 spiro atoms. The zero-order valence-electron chi connectivity index (χ0n) is 39.0. The number of benzene rings is 5. The van der Waals surface area contributed by atoms with Gasteiger partial charge in [0.1, 0.15) is 11.2 Å². The summed E-state index contributed by atoms with van der Waals surface area (Å²) in [7, 11) is -1.24. The van der Waals surface area contributed by atoms with Gasteiger partial charge in [-0.3, -0.25) is 0 Å². The van der Waals surface area contributed by atoms with E-state index in [0.717, 1.165) is 12.1 Å². The van der Waals surface area contributed by atoms with E-state index in [1.807, 2.05) is 0 Å². The van der Waals surface area contributed by atoms with E-state index in [1.165, 1.54) is 0 Å². The van der Waals surface area contributed by atoms with Gasteiger partial charge in [-0.05, 0) is 103 Å². The molecule has 0 saturated carbocycles. The maximum atomic E-state index is 9.46. The molecule has 6 aromatic rings. The van der Waals surface area contributed by atoms with Crippen LogP contribution in [0.25, 0.3) is 55.3 Å². The molecule has 7 rings (SSSR count). The molecule has 1 aliphatic rings. The van der Waals surface area contributed by atoms with E-state index >= 15 is 0 Å². The van der Waals surface area contributed by atoms with Crippen molar-refractivity contribution in [2.24, 2.45) is 0 Å². The maximum Gasteiger partial charge on any atom is 0.494 e. The first kappa shape index (κ1) is 12.6. The molecule has 196 valence electrons. The SMILES string of the molecule is [2H]c1cc([2H])c([2H])c(-c2c([2H])c(-c3cc([2H])c4oc5c([2H])c(B6OC(C)(C)C(C)(C)O6)c([2H])c([2H])c5c4c3[2H])c([2H])c(-c3c([2H])c([2H])c([2H])c([2H])c3[2H])c2[2H])c1[2H]. The van der Waals surface area contributed by atoms with Gasteiger partial charge in [0.15, 0.2) is 0 Å². The topological polar surface area (TPSA) is 31.6 Å². The molecular weight excluding hydrogens is 491 g/mol. The number of hydrogen-bond acceptors (Lipinski definition) is 3. The summed E-state index contributed by atoms with van der Waals surface area (Å²) in [4.78, 5) is 0. The Morgan fingerprint density at radius 3 is 1.80 bits per heavy atom. The van der Waals surface area contributed by atoms with E-state index < -0.39 is 149 Å². The molecule has 0 unspecified atom stereocenters. The van der Waals surface area contributed by atoms with Gasteiger partial charge in [-0.15, -0.1) is 0 Å². The molecule has 0 atom stereocenters. The summed E-state index contributed by atoms with van der Waals surface area (Å²) in [6.07, 6.45) is 0. The monoisotopic (exact) mass is 539 g/mol. The van der Waals surface area contributed by atoms with Crippen LogP contribution in [0.4, 0.5) is 0 Å². The normalized spacial score (nSPS) is 22.1. The third-order valence-corrected chi connectivity index (χ3v) is 7.13. The van der Waals surface area contributed by atoms with Crippen LogP contribution in [0.3, 0.4) is 0 Å². The molecule has 0 radical (unpaired) electrons. The van der Waals surface area contributed by atoms with Crippen LogP contribution in [0.15, 0.2) is 119 Å². The van der Waals surface area contributed by atoms with E-state index in [2.05, 4.69) is 0 Å². The van der Waals surface area contributed by atoms with Gasteiger partial charge in [0, 0.05) is 10.8 Å². The summed E-state index contributed by atoms with van der Waals surface area (Å²) in [5.41, 5.74) is -5.79. The Labute approximate surface area is 259 Å². The van der Waals surface area contributed by atoms with Crippen LogP contribution in [0.5, 0.6) is 0 Å². The Kier molecular flexibility index (Phi) is 2.91. The highest BCUT2D eigenvalue weighted by molar-refractivity contribution is 6.62. The minimum absolute atomic E-state index is 0.118. The van der Waals surface area contributed by atoms with E-state index in [-0.39, 0.29) is 33.0 Å². The molecule has 4 heteroatoms. The minimum atomic E-state index is -1.24. The first-order valence-electron chi connectivity index (χ1n) is 21.0. The third-order valence-electron chi connectivity index (χ3n) is 7.13. The van der Waals surface area contributed by atoms with Crippen molar-refractivity contribution in [3.8, 4) is 33.4 Å². The van der Waals surface area contributed by atoms with E-state index in [1.54, 1.807) is 27.7 Å². The van der Waals surface area contributed by atoms with Gasteiger partial charge in [0.25, 0.3) is 0 Å².